The maximum atomic E-state index is 3.45. The zero-order valence-electron chi connectivity index (χ0n) is 12.9. The van der Waals surface area contributed by atoms with Crippen LogP contribution in [-0.4, -0.2) is 51.2 Å². The van der Waals surface area contributed by atoms with Gasteiger partial charge in [-0.2, -0.15) is 0 Å². The summed E-state index contributed by atoms with van der Waals surface area (Å²) in [4.78, 5) is 5.02. The number of nitrogens with one attached hydrogen (secondary N) is 1. The molecule has 0 spiro atoms. The Kier molecular flexibility index (Phi) is 4.27. The van der Waals surface area contributed by atoms with E-state index in [4.69, 9.17) is 0 Å². The Morgan fingerprint density at radius 2 is 2.00 bits per heavy atom. The van der Waals surface area contributed by atoms with E-state index in [1.807, 2.05) is 0 Å². The Labute approximate surface area is 123 Å². The summed E-state index contributed by atoms with van der Waals surface area (Å²) in [5.41, 5.74) is 4.43. The number of hydrogen-bond acceptors (Lipinski definition) is 3. The minimum atomic E-state index is 0.837. The second kappa shape index (κ2) is 6.15. The largest absolute Gasteiger partial charge is 0.369 e. The molecule has 20 heavy (non-hydrogen) atoms. The number of benzene rings is 1. The van der Waals surface area contributed by atoms with Gasteiger partial charge < -0.3 is 15.1 Å². The molecule has 0 radical (unpaired) electrons. The van der Waals surface area contributed by atoms with Gasteiger partial charge in [-0.25, -0.2) is 0 Å². The van der Waals surface area contributed by atoms with Crippen LogP contribution in [-0.2, 0) is 6.42 Å². The predicted octanol–water partition coefficient (Wildman–Crippen LogP) is 1.90. The fraction of sp³-hybridized carbons (Fsp3) is 0.647. The highest BCUT2D eigenvalue weighted by molar-refractivity contribution is 5.55. The van der Waals surface area contributed by atoms with Crippen molar-refractivity contribution in [3.8, 4) is 0 Å². The number of likely N-dealkylation sites (tertiary alicyclic amines) is 1. The molecule has 0 aromatic heterocycles. The Bertz CT molecular complexity index is 452. The van der Waals surface area contributed by atoms with Gasteiger partial charge in [0.1, 0.15) is 0 Å². The van der Waals surface area contributed by atoms with Crippen LogP contribution >= 0.6 is 0 Å². The van der Waals surface area contributed by atoms with Crippen LogP contribution in [0.3, 0.4) is 0 Å². The lowest BCUT2D eigenvalue weighted by Crippen LogP contribution is -2.44. The van der Waals surface area contributed by atoms with Gasteiger partial charge in [0.2, 0.25) is 0 Å². The van der Waals surface area contributed by atoms with E-state index >= 15 is 0 Å². The van der Waals surface area contributed by atoms with Gasteiger partial charge in [0.05, 0.1) is 0 Å². The van der Waals surface area contributed by atoms with Gasteiger partial charge >= 0.3 is 0 Å². The summed E-state index contributed by atoms with van der Waals surface area (Å²) >= 11 is 0. The molecule has 0 saturated carbocycles. The van der Waals surface area contributed by atoms with Crippen molar-refractivity contribution in [3.05, 3.63) is 29.3 Å². The van der Waals surface area contributed by atoms with Gasteiger partial charge in [0.15, 0.2) is 0 Å². The van der Waals surface area contributed by atoms with Gasteiger partial charge in [0, 0.05) is 38.4 Å². The molecule has 3 nitrogen and oxygen atoms in total. The van der Waals surface area contributed by atoms with Gasteiger partial charge in [-0.05, 0) is 50.9 Å². The molecule has 0 amide bonds. The summed E-state index contributed by atoms with van der Waals surface area (Å²) in [7, 11) is 2.24. The molecular formula is C17H27N3. The van der Waals surface area contributed by atoms with Gasteiger partial charge in [-0.1, -0.05) is 17.7 Å². The smallest absolute Gasteiger partial charge is 0.0399 e. The molecule has 3 rings (SSSR count). The summed E-state index contributed by atoms with van der Waals surface area (Å²) in [6.45, 7) is 9.24. The molecule has 3 heteroatoms. The number of rotatable bonds is 3. The van der Waals surface area contributed by atoms with E-state index in [1.165, 1.54) is 37.2 Å². The van der Waals surface area contributed by atoms with Crippen LogP contribution in [0.1, 0.15) is 17.5 Å². The predicted molar refractivity (Wildman–Crippen MR) is 85.6 cm³/mol. The number of piperazine rings is 1. The third-order valence-corrected chi connectivity index (χ3v) is 4.69. The first-order chi connectivity index (χ1) is 9.72. The average Bonchev–Trinajstić information content (AvgIpc) is 2.85. The lowest BCUT2D eigenvalue weighted by molar-refractivity contribution is 0.394. The standard InChI is InChI=1S/C17H27N3/c1-14-3-4-17(20-9-6-18-7-10-20)16(11-14)12-15-5-8-19(2)13-15/h3-4,11,15,18H,5-10,12-13H2,1-2H3. The second-order valence-electron chi connectivity index (χ2n) is 6.49. The lowest BCUT2D eigenvalue weighted by atomic mass is 9.95. The van der Waals surface area contributed by atoms with E-state index in [0.29, 0.717) is 0 Å². The second-order valence-corrected chi connectivity index (χ2v) is 6.49. The molecule has 1 unspecified atom stereocenters. The average molecular weight is 273 g/mol. The van der Waals surface area contributed by atoms with Crippen molar-refractivity contribution in [2.45, 2.75) is 19.8 Å². The fourth-order valence-corrected chi connectivity index (χ4v) is 3.60. The summed E-state index contributed by atoms with van der Waals surface area (Å²) in [6.07, 6.45) is 2.59. The first-order valence-corrected chi connectivity index (χ1v) is 7.96. The molecule has 2 fully saturated rings. The van der Waals surface area contributed by atoms with Crippen LogP contribution in [0.25, 0.3) is 0 Å². The van der Waals surface area contributed by atoms with Crippen molar-refractivity contribution in [1.29, 1.82) is 0 Å². The monoisotopic (exact) mass is 273 g/mol. The summed E-state index contributed by atoms with van der Waals surface area (Å²) < 4.78 is 0. The quantitative estimate of drug-likeness (QED) is 0.907. The first kappa shape index (κ1) is 13.9. The zero-order valence-corrected chi connectivity index (χ0v) is 12.9. The van der Waals surface area contributed by atoms with Gasteiger partial charge in [-0.15, -0.1) is 0 Å². The van der Waals surface area contributed by atoms with E-state index in [1.54, 1.807) is 5.56 Å². The van der Waals surface area contributed by atoms with Gasteiger partial charge in [-0.3, -0.25) is 0 Å². The van der Waals surface area contributed by atoms with Crippen molar-refractivity contribution in [2.24, 2.45) is 5.92 Å². The highest BCUT2D eigenvalue weighted by Gasteiger charge is 2.22. The third-order valence-electron chi connectivity index (χ3n) is 4.69. The topological polar surface area (TPSA) is 18.5 Å². The Morgan fingerprint density at radius 3 is 2.70 bits per heavy atom. The van der Waals surface area contributed by atoms with Crippen LogP contribution < -0.4 is 10.2 Å². The third kappa shape index (κ3) is 3.15. The Hall–Kier alpha value is -1.06. The molecular weight excluding hydrogens is 246 g/mol. The van der Waals surface area contributed by atoms with Crippen LogP contribution in [0.4, 0.5) is 5.69 Å². The summed E-state index contributed by atoms with van der Waals surface area (Å²) in [5.74, 6) is 0.837. The molecule has 2 heterocycles. The molecule has 1 N–H and O–H groups in total. The maximum absolute atomic E-state index is 3.45. The molecule has 1 atom stereocenters. The van der Waals surface area contributed by atoms with Crippen molar-refractivity contribution < 1.29 is 0 Å². The summed E-state index contributed by atoms with van der Waals surface area (Å²) in [6, 6.07) is 7.02. The zero-order chi connectivity index (χ0) is 13.9. The summed E-state index contributed by atoms with van der Waals surface area (Å²) in [5, 5.41) is 3.45. The SMILES string of the molecule is Cc1ccc(N2CCNCC2)c(CC2CCN(C)C2)c1. The number of anilines is 1. The molecule has 2 aliphatic heterocycles. The molecule has 1 aromatic rings. The molecule has 0 aliphatic carbocycles. The fourth-order valence-electron chi connectivity index (χ4n) is 3.60. The molecule has 0 bridgehead atoms. The highest BCUT2D eigenvalue weighted by atomic mass is 15.2. The normalized spacial score (nSPS) is 24.3. The van der Waals surface area contributed by atoms with Crippen molar-refractivity contribution in [1.82, 2.24) is 10.2 Å². The first-order valence-electron chi connectivity index (χ1n) is 7.96. The minimum Gasteiger partial charge on any atom is -0.369 e. The van der Waals surface area contributed by atoms with Crippen molar-refractivity contribution in [3.63, 3.8) is 0 Å². The molecule has 1 aromatic carbocycles. The van der Waals surface area contributed by atoms with Crippen LogP contribution in [0.5, 0.6) is 0 Å². The lowest BCUT2D eigenvalue weighted by Gasteiger charge is -2.32. The van der Waals surface area contributed by atoms with Crippen LogP contribution in [0.2, 0.25) is 0 Å². The van der Waals surface area contributed by atoms with E-state index in [0.717, 1.165) is 32.1 Å². The van der Waals surface area contributed by atoms with Crippen LogP contribution in [0, 0.1) is 12.8 Å². The van der Waals surface area contributed by atoms with E-state index in [-0.39, 0.29) is 0 Å². The number of aryl methyl sites for hydroxylation is 1. The highest BCUT2D eigenvalue weighted by Crippen LogP contribution is 2.28. The van der Waals surface area contributed by atoms with Crippen molar-refractivity contribution >= 4 is 5.69 Å². The van der Waals surface area contributed by atoms with Crippen LogP contribution in [0.15, 0.2) is 18.2 Å². The number of nitrogens with zero attached hydrogens (tertiary/aromatic N) is 2. The Morgan fingerprint density at radius 1 is 1.20 bits per heavy atom. The Balaban J connectivity index is 1.78. The van der Waals surface area contributed by atoms with E-state index in [9.17, 15) is 0 Å². The molecule has 2 saturated heterocycles. The number of hydrogen-bond donors (Lipinski definition) is 1. The van der Waals surface area contributed by atoms with E-state index in [2.05, 4.69) is 47.3 Å². The molecule has 2 aliphatic rings. The molecule has 110 valence electrons. The van der Waals surface area contributed by atoms with Gasteiger partial charge in [0.25, 0.3) is 0 Å². The van der Waals surface area contributed by atoms with E-state index < -0.39 is 0 Å². The van der Waals surface area contributed by atoms with Crippen molar-refractivity contribution in [2.75, 3.05) is 51.2 Å². The maximum Gasteiger partial charge on any atom is 0.0399 e. The minimum absolute atomic E-state index is 0.837.